The summed E-state index contributed by atoms with van der Waals surface area (Å²) in [6.45, 7) is 11.3. The first-order chi connectivity index (χ1) is 10.7. The minimum absolute atomic E-state index is 0.000816. The van der Waals surface area contributed by atoms with Gasteiger partial charge < -0.3 is 19.9 Å². The second-order valence-electron chi connectivity index (χ2n) is 6.98. The zero-order valence-corrected chi connectivity index (χ0v) is 14.8. The number of amides is 3. The van der Waals surface area contributed by atoms with Crippen LogP contribution in [0, 0.1) is 5.92 Å². The molecule has 1 aliphatic heterocycles. The number of hydrogen-bond acceptors (Lipinski definition) is 4. The molecule has 2 atom stereocenters. The summed E-state index contributed by atoms with van der Waals surface area (Å²) in [5, 5.41) is 2.71. The van der Waals surface area contributed by atoms with E-state index in [1.54, 1.807) is 30.6 Å². The summed E-state index contributed by atoms with van der Waals surface area (Å²) in [7, 11) is 0. The summed E-state index contributed by atoms with van der Waals surface area (Å²) < 4.78 is 5.26. The molecule has 0 aliphatic carbocycles. The number of alkyl carbamates (subject to hydrolysis) is 1. The number of rotatable bonds is 5. The van der Waals surface area contributed by atoms with Gasteiger partial charge in [-0.2, -0.15) is 0 Å². The third kappa shape index (κ3) is 6.08. The van der Waals surface area contributed by atoms with Crippen LogP contribution in [0.4, 0.5) is 4.79 Å². The van der Waals surface area contributed by atoms with Gasteiger partial charge in [0.15, 0.2) is 0 Å². The molecule has 1 saturated heterocycles. The quantitative estimate of drug-likeness (QED) is 0.770. The number of nitrogens with zero attached hydrogens (tertiary/aromatic N) is 2. The number of nitrogens with one attached hydrogen (secondary N) is 1. The molecule has 0 spiro atoms. The normalized spacial score (nSPS) is 18.1. The van der Waals surface area contributed by atoms with E-state index in [0.717, 1.165) is 12.8 Å². The Balaban J connectivity index is 2.72. The molecule has 0 aromatic carbocycles. The summed E-state index contributed by atoms with van der Waals surface area (Å²) in [5.74, 6) is -0.116. The molecule has 7 nitrogen and oxygen atoms in total. The Morgan fingerprint density at radius 2 is 1.78 bits per heavy atom. The fourth-order valence-corrected chi connectivity index (χ4v) is 2.36. The van der Waals surface area contributed by atoms with E-state index in [2.05, 4.69) is 5.32 Å². The summed E-state index contributed by atoms with van der Waals surface area (Å²) in [6, 6.07) is -0.613. The van der Waals surface area contributed by atoms with Crippen molar-refractivity contribution in [2.45, 2.75) is 52.7 Å². The van der Waals surface area contributed by atoms with Crippen molar-refractivity contribution in [3.8, 4) is 0 Å². The molecule has 0 radical (unpaired) electrons. The highest BCUT2D eigenvalue weighted by Crippen LogP contribution is 2.14. The van der Waals surface area contributed by atoms with E-state index < -0.39 is 17.7 Å². The highest BCUT2D eigenvalue weighted by atomic mass is 16.6. The fourth-order valence-electron chi connectivity index (χ4n) is 2.36. The van der Waals surface area contributed by atoms with E-state index in [9.17, 15) is 14.4 Å². The second kappa shape index (κ2) is 8.17. The van der Waals surface area contributed by atoms with Crippen molar-refractivity contribution < 1.29 is 19.1 Å². The van der Waals surface area contributed by atoms with Crippen molar-refractivity contribution in [2.75, 3.05) is 26.2 Å². The van der Waals surface area contributed by atoms with Gasteiger partial charge in [-0.05, 0) is 26.7 Å². The molecule has 1 unspecified atom stereocenters. The SMILES string of the molecule is CCC(C)[C@H](NC(=O)OC(C)(C)C)C(=O)N1CCN(C=O)CC1. The molecule has 0 saturated carbocycles. The van der Waals surface area contributed by atoms with Gasteiger partial charge >= 0.3 is 6.09 Å². The van der Waals surface area contributed by atoms with Crippen LogP contribution in [0.5, 0.6) is 0 Å². The van der Waals surface area contributed by atoms with Crippen molar-refractivity contribution in [3.63, 3.8) is 0 Å². The van der Waals surface area contributed by atoms with Gasteiger partial charge in [0.05, 0.1) is 0 Å². The molecule has 1 rings (SSSR count). The smallest absolute Gasteiger partial charge is 0.408 e. The maximum absolute atomic E-state index is 12.7. The van der Waals surface area contributed by atoms with Crippen LogP contribution in [-0.4, -0.2) is 66.0 Å². The Bertz CT molecular complexity index is 426. The highest BCUT2D eigenvalue weighted by Gasteiger charge is 2.32. The Labute approximate surface area is 138 Å². The van der Waals surface area contributed by atoms with Gasteiger partial charge in [-0.25, -0.2) is 4.79 Å². The second-order valence-corrected chi connectivity index (χ2v) is 6.98. The fraction of sp³-hybridized carbons (Fsp3) is 0.812. The molecule has 0 aromatic rings. The van der Waals surface area contributed by atoms with E-state index in [1.807, 2.05) is 13.8 Å². The largest absolute Gasteiger partial charge is 0.444 e. The Hall–Kier alpha value is -1.79. The zero-order chi connectivity index (χ0) is 17.6. The van der Waals surface area contributed by atoms with Crippen LogP contribution in [0.2, 0.25) is 0 Å². The maximum Gasteiger partial charge on any atom is 0.408 e. The van der Waals surface area contributed by atoms with Gasteiger partial charge in [0.2, 0.25) is 12.3 Å². The standard InChI is InChI=1S/C16H29N3O4/c1-6-12(2)13(17-15(22)23-16(3,4)5)14(21)19-9-7-18(11-20)8-10-19/h11-13H,6-10H2,1-5H3,(H,17,22)/t12?,13-/m0/s1. The van der Waals surface area contributed by atoms with Crippen LogP contribution in [0.3, 0.4) is 0 Å². The minimum atomic E-state index is -0.613. The van der Waals surface area contributed by atoms with Crippen LogP contribution in [0.1, 0.15) is 41.0 Å². The van der Waals surface area contributed by atoms with Crippen LogP contribution >= 0.6 is 0 Å². The van der Waals surface area contributed by atoms with Gasteiger partial charge in [-0.15, -0.1) is 0 Å². The molecule has 23 heavy (non-hydrogen) atoms. The van der Waals surface area contributed by atoms with Crippen molar-refractivity contribution in [2.24, 2.45) is 5.92 Å². The first-order valence-electron chi connectivity index (χ1n) is 8.15. The number of ether oxygens (including phenoxy) is 1. The predicted molar refractivity (Wildman–Crippen MR) is 86.8 cm³/mol. The van der Waals surface area contributed by atoms with Crippen LogP contribution in [0.25, 0.3) is 0 Å². The average Bonchev–Trinajstić information content (AvgIpc) is 2.49. The Morgan fingerprint density at radius 1 is 1.22 bits per heavy atom. The highest BCUT2D eigenvalue weighted by molar-refractivity contribution is 5.86. The van der Waals surface area contributed by atoms with Gasteiger partial charge in [0.25, 0.3) is 0 Å². The molecule has 1 fully saturated rings. The molecule has 1 N–H and O–H groups in total. The molecular weight excluding hydrogens is 298 g/mol. The van der Waals surface area contributed by atoms with Crippen molar-refractivity contribution in [1.82, 2.24) is 15.1 Å². The monoisotopic (exact) mass is 327 g/mol. The lowest BCUT2D eigenvalue weighted by Crippen LogP contribution is -2.56. The maximum atomic E-state index is 12.7. The van der Waals surface area contributed by atoms with Gasteiger partial charge in [-0.1, -0.05) is 20.3 Å². The van der Waals surface area contributed by atoms with Crippen molar-refractivity contribution in [1.29, 1.82) is 0 Å². The van der Waals surface area contributed by atoms with E-state index in [-0.39, 0.29) is 11.8 Å². The number of carbonyl (C=O) groups is 3. The third-order valence-electron chi connectivity index (χ3n) is 3.93. The molecule has 0 bridgehead atoms. The average molecular weight is 327 g/mol. The minimum Gasteiger partial charge on any atom is -0.444 e. The van der Waals surface area contributed by atoms with E-state index in [1.165, 1.54) is 0 Å². The van der Waals surface area contributed by atoms with Gasteiger partial charge in [0.1, 0.15) is 11.6 Å². The lowest BCUT2D eigenvalue weighted by atomic mass is 9.97. The molecule has 1 heterocycles. The molecule has 7 heteroatoms. The van der Waals surface area contributed by atoms with Crippen molar-refractivity contribution in [3.05, 3.63) is 0 Å². The predicted octanol–water partition coefficient (Wildman–Crippen LogP) is 1.23. The molecule has 132 valence electrons. The van der Waals surface area contributed by atoms with Crippen LogP contribution in [-0.2, 0) is 14.3 Å². The molecule has 3 amide bonds. The third-order valence-corrected chi connectivity index (χ3v) is 3.93. The van der Waals surface area contributed by atoms with Gasteiger partial charge in [0, 0.05) is 26.2 Å². The lowest BCUT2D eigenvalue weighted by molar-refractivity contribution is -0.138. The topological polar surface area (TPSA) is 79.0 Å². The molecular formula is C16H29N3O4. The molecule has 1 aliphatic rings. The van der Waals surface area contributed by atoms with E-state index >= 15 is 0 Å². The summed E-state index contributed by atoms with van der Waals surface area (Å²) in [5.41, 5.74) is -0.608. The summed E-state index contributed by atoms with van der Waals surface area (Å²) >= 11 is 0. The van der Waals surface area contributed by atoms with Gasteiger partial charge in [-0.3, -0.25) is 9.59 Å². The zero-order valence-electron chi connectivity index (χ0n) is 14.8. The van der Waals surface area contributed by atoms with Crippen LogP contribution < -0.4 is 5.32 Å². The number of piperazine rings is 1. The number of hydrogen-bond donors (Lipinski definition) is 1. The lowest BCUT2D eigenvalue weighted by Gasteiger charge is -2.36. The van der Waals surface area contributed by atoms with Crippen LogP contribution in [0.15, 0.2) is 0 Å². The van der Waals surface area contributed by atoms with Crippen molar-refractivity contribution >= 4 is 18.4 Å². The summed E-state index contributed by atoms with van der Waals surface area (Å²) in [6.07, 6.45) is 0.982. The summed E-state index contributed by atoms with van der Waals surface area (Å²) in [4.78, 5) is 38.9. The first-order valence-corrected chi connectivity index (χ1v) is 8.15. The van der Waals surface area contributed by atoms with E-state index in [4.69, 9.17) is 4.74 Å². The molecule has 0 aromatic heterocycles. The van der Waals surface area contributed by atoms with E-state index in [0.29, 0.717) is 26.2 Å². The number of carbonyl (C=O) groups excluding carboxylic acids is 3. The first kappa shape index (κ1) is 19.3. The Kier molecular flexibility index (Phi) is 6.84. The Morgan fingerprint density at radius 3 is 2.22 bits per heavy atom.